The van der Waals surface area contributed by atoms with Gasteiger partial charge in [0.05, 0.1) is 11.0 Å². The minimum atomic E-state index is 0.402. The van der Waals surface area contributed by atoms with E-state index in [4.69, 9.17) is 11.6 Å². The maximum atomic E-state index is 6.38. The van der Waals surface area contributed by atoms with Gasteiger partial charge in [0, 0.05) is 6.92 Å². The lowest BCUT2D eigenvalue weighted by Crippen LogP contribution is -2.36. The average Bonchev–Trinajstić information content (AvgIpc) is 2.96. The van der Waals surface area contributed by atoms with Gasteiger partial charge in [-0.2, -0.15) is 4.57 Å². The molecule has 4 nitrogen and oxygen atoms in total. The fourth-order valence-electron chi connectivity index (χ4n) is 2.79. The Labute approximate surface area is 145 Å². The maximum absolute atomic E-state index is 6.38. The van der Waals surface area contributed by atoms with Gasteiger partial charge in [0.15, 0.2) is 5.15 Å². The Bertz CT molecular complexity index is 1010. The third-order valence-corrected chi connectivity index (χ3v) is 4.35. The highest BCUT2D eigenvalue weighted by atomic mass is 35.5. The van der Waals surface area contributed by atoms with Crippen LogP contribution in [-0.2, 0) is 6.54 Å². The van der Waals surface area contributed by atoms with Crippen molar-refractivity contribution >= 4 is 22.6 Å². The molecule has 5 heteroatoms. The number of hydrogen-bond acceptors (Lipinski definition) is 2. The zero-order valence-corrected chi connectivity index (χ0v) is 14.0. The molecule has 0 bridgehead atoms. The first-order valence-corrected chi connectivity index (χ1v) is 8.14. The highest BCUT2D eigenvalue weighted by molar-refractivity contribution is 6.31. The molecule has 118 valence electrons. The molecule has 0 N–H and O–H groups in total. The first-order chi connectivity index (χ1) is 11.7. The predicted molar refractivity (Wildman–Crippen MR) is 94.4 cm³/mol. The molecule has 0 atom stereocenters. The Morgan fingerprint density at radius 3 is 2.38 bits per heavy atom. The molecule has 0 spiro atoms. The summed E-state index contributed by atoms with van der Waals surface area (Å²) in [5, 5.41) is 0.402. The Morgan fingerprint density at radius 2 is 1.62 bits per heavy atom. The van der Waals surface area contributed by atoms with Crippen LogP contribution < -0.4 is 4.57 Å². The summed E-state index contributed by atoms with van der Waals surface area (Å²) in [7, 11) is 0. The average molecular weight is 336 g/mol. The molecule has 0 saturated heterocycles. The maximum Gasteiger partial charge on any atom is 0.264 e. The van der Waals surface area contributed by atoms with E-state index in [1.807, 2.05) is 59.4 Å². The van der Waals surface area contributed by atoms with Crippen LogP contribution in [0.15, 0.2) is 67.0 Å². The van der Waals surface area contributed by atoms with Gasteiger partial charge >= 0.3 is 0 Å². The number of para-hydroxylation sites is 2. The van der Waals surface area contributed by atoms with E-state index in [-0.39, 0.29) is 0 Å². The number of hydrogen-bond donors (Lipinski definition) is 0. The second-order valence-corrected chi connectivity index (χ2v) is 6.01. The van der Waals surface area contributed by atoms with Crippen LogP contribution in [-0.4, -0.2) is 14.5 Å². The summed E-state index contributed by atoms with van der Waals surface area (Å²) in [5.41, 5.74) is 2.88. The van der Waals surface area contributed by atoms with Crippen LogP contribution in [0.25, 0.3) is 16.9 Å². The largest absolute Gasteiger partial charge is 0.264 e. The van der Waals surface area contributed by atoms with Crippen LogP contribution in [0, 0.1) is 6.92 Å². The van der Waals surface area contributed by atoms with Gasteiger partial charge in [-0.15, -0.1) is 0 Å². The smallest absolute Gasteiger partial charge is 0.230 e. The van der Waals surface area contributed by atoms with Gasteiger partial charge in [0.25, 0.3) is 11.6 Å². The number of nitrogens with zero attached hydrogens (tertiary/aromatic N) is 4. The quantitative estimate of drug-likeness (QED) is 0.535. The fourth-order valence-corrected chi connectivity index (χ4v) is 3.02. The molecule has 24 heavy (non-hydrogen) atoms. The molecule has 0 radical (unpaired) electrons. The third-order valence-electron chi connectivity index (χ3n) is 4.10. The second kappa shape index (κ2) is 6.06. The minimum absolute atomic E-state index is 0.402. The second-order valence-electron chi connectivity index (χ2n) is 5.66. The number of benzene rings is 2. The van der Waals surface area contributed by atoms with Crippen molar-refractivity contribution < 1.29 is 4.57 Å². The Kier molecular flexibility index (Phi) is 3.75. The van der Waals surface area contributed by atoms with E-state index < -0.39 is 0 Å². The third kappa shape index (κ3) is 2.65. The van der Waals surface area contributed by atoms with Gasteiger partial charge in [0.1, 0.15) is 18.9 Å². The van der Waals surface area contributed by atoms with Gasteiger partial charge in [0.2, 0.25) is 0 Å². The summed E-state index contributed by atoms with van der Waals surface area (Å²) >= 11 is 6.38. The Morgan fingerprint density at radius 1 is 0.958 bits per heavy atom. The summed E-state index contributed by atoms with van der Waals surface area (Å²) in [5.74, 6) is 1.70. The van der Waals surface area contributed by atoms with Crippen molar-refractivity contribution in [1.29, 1.82) is 0 Å². The van der Waals surface area contributed by atoms with Crippen LogP contribution in [0.5, 0.6) is 0 Å². The summed E-state index contributed by atoms with van der Waals surface area (Å²) in [6.07, 6.45) is 4.01. The van der Waals surface area contributed by atoms with E-state index in [0.717, 1.165) is 23.4 Å². The van der Waals surface area contributed by atoms with Crippen LogP contribution in [0.3, 0.4) is 0 Å². The van der Waals surface area contributed by atoms with Crippen molar-refractivity contribution in [1.82, 2.24) is 14.5 Å². The van der Waals surface area contributed by atoms with Crippen LogP contribution in [0.1, 0.15) is 11.4 Å². The summed E-state index contributed by atoms with van der Waals surface area (Å²) in [6, 6.07) is 18.1. The zero-order chi connectivity index (χ0) is 16.5. The molecule has 4 rings (SSSR count). The molecular formula is C19H16ClN4+. The van der Waals surface area contributed by atoms with E-state index in [1.165, 1.54) is 5.56 Å². The fraction of sp³-hybridized carbons (Fsp3) is 0.105. The lowest BCUT2D eigenvalue weighted by Gasteiger charge is -2.04. The number of fused-ring (bicyclic) bond motifs is 1. The van der Waals surface area contributed by atoms with Crippen molar-refractivity contribution in [3.63, 3.8) is 0 Å². The number of imidazole rings is 1. The molecule has 4 aromatic rings. The van der Waals surface area contributed by atoms with E-state index in [2.05, 4.69) is 33.6 Å². The first kappa shape index (κ1) is 14.8. The van der Waals surface area contributed by atoms with Crippen molar-refractivity contribution in [3.05, 3.63) is 83.5 Å². The summed E-state index contributed by atoms with van der Waals surface area (Å²) < 4.78 is 4.15. The van der Waals surface area contributed by atoms with Crippen molar-refractivity contribution in [3.8, 4) is 5.82 Å². The minimum Gasteiger partial charge on any atom is -0.230 e. The van der Waals surface area contributed by atoms with E-state index in [9.17, 15) is 0 Å². The highest BCUT2D eigenvalue weighted by Crippen LogP contribution is 2.20. The normalized spacial score (nSPS) is 11.1. The van der Waals surface area contributed by atoms with Crippen molar-refractivity contribution in [2.75, 3.05) is 0 Å². The molecule has 0 fully saturated rings. The standard InChI is InChI=1S/C19H16ClN4/c1-14-23(13-15-7-3-2-4-8-15)11-12-24(14)19-18(20)21-16-9-5-6-10-17(16)22-19/h2-12H,13H2,1H3/q+1. The van der Waals surface area contributed by atoms with Crippen molar-refractivity contribution in [2.45, 2.75) is 13.5 Å². The topological polar surface area (TPSA) is 34.6 Å². The molecule has 0 aliphatic heterocycles. The number of halogens is 1. The molecule has 2 aromatic carbocycles. The van der Waals surface area contributed by atoms with Gasteiger partial charge in [-0.1, -0.05) is 54.1 Å². The van der Waals surface area contributed by atoms with Crippen LogP contribution in [0.2, 0.25) is 5.15 Å². The molecular weight excluding hydrogens is 320 g/mol. The van der Waals surface area contributed by atoms with Gasteiger partial charge < -0.3 is 0 Å². The monoisotopic (exact) mass is 335 g/mol. The van der Waals surface area contributed by atoms with Gasteiger partial charge in [-0.3, -0.25) is 0 Å². The summed E-state index contributed by atoms with van der Waals surface area (Å²) in [4.78, 5) is 9.14. The molecule has 2 aromatic heterocycles. The number of rotatable bonds is 3. The predicted octanol–water partition coefficient (Wildman–Crippen LogP) is 3.72. The lowest BCUT2D eigenvalue weighted by molar-refractivity contribution is -0.693. The van der Waals surface area contributed by atoms with Crippen LogP contribution >= 0.6 is 11.6 Å². The molecule has 0 amide bonds. The zero-order valence-electron chi connectivity index (χ0n) is 13.2. The summed E-state index contributed by atoms with van der Waals surface area (Å²) in [6.45, 7) is 2.86. The lowest BCUT2D eigenvalue weighted by atomic mass is 10.2. The molecule has 0 unspecified atom stereocenters. The molecule has 0 saturated carbocycles. The van der Waals surface area contributed by atoms with Gasteiger partial charge in [-0.05, 0) is 17.7 Å². The van der Waals surface area contributed by atoms with Gasteiger partial charge in [-0.25, -0.2) is 14.5 Å². The van der Waals surface area contributed by atoms with E-state index in [0.29, 0.717) is 11.0 Å². The SMILES string of the molecule is Cc1n(-c2nc3ccccc3nc2Cl)cc[n+]1Cc1ccccc1. The first-order valence-electron chi connectivity index (χ1n) is 7.76. The molecule has 0 aliphatic rings. The van der Waals surface area contributed by atoms with E-state index in [1.54, 1.807) is 0 Å². The Hall–Kier alpha value is -2.72. The molecule has 2 heterocycles. The highest BCUT2D eigenvalue weighted by Gasteiger charge is 2.20. The van der Waals surface area contributed by atoms with Crippen LogP contribution in [0.4, 0.5) is 0 Å². The Balaban J connectivity index is 1.76. The van der Waals surface area contributed by atoms with E-state index >= 15 is 0 Å². The number of aromatic nitrogens is 4. The van der Waals surface area contributed by atoms with Crippen molar-refractivity contribution in [2.24, 2.45) is 0 Å². The molecule has 0 aliphatic carbocycles.